The van der Waals surface area contributed by atoms with Crippen LogP contribution in [-0.2, 0) is 6.54 Å². The molecule has 136 valence electrons. The first-order chi connectivity index (χ1) is 12.0. The van der Waals surface area contributed by atoms with Crippen molar-refractivity contribution < 1.29 is 4.79 Å². The lowest BCUT2D eigenvalue weighted by Crippen LogP contribution is -2.61. The minimum absolute atomic E-state index is 0.0211. The maximum Gasteiger partial charge on any atom is 0.335 e. The first-order valence-electron chi connectivity index (χ1n) is 9.63. The monoisotopic (exact) mass is 343 g/mol. The molecule has 2 amide bonds. The average Bonchev–Trinajstić information content (AvgIpc) is 2.80. The van der Waals surface area contributed by atoms with E-state index in [9.17, 15) is 4.79 Å². The Labute approximate surface area is 149 Å². The quantitative estimate of drug-likeness (QED) is 0.651. The van der Waals surface area contributed by atoms with Gasteiger partial charge in [-0.2, -0.15) is 10.2 Å². The number of aryl methyl sites for hydroxylation is 2. The van der Waals surface area contributed by atoms with E-state index in [0.29, 0.717) is 0 Å². The molecule has 1 aromatic rings. The number of hydrazone groups is 1. The Morgan fingerprint density at radius 2 is 1.84 bits per heavy atom. The van der Waals surface area contributed by atoms with Crippen molar-refractivity contribution >= 4 is 12.2 Å². The second-order valence-corrected chi connectivity index (χ2v) is 8.42. The SMILES string of the molecule is CCn1nc(C)c(/C=N/NC(=O)NC23CC4CC(CC(C4)C2)C3)c1C. The zero-order chi connectivity index (χ0) is 17.6. The molecule has 4 bridgehead atoms. The van der Waals surface area contributed by atoms with E-state index in [4.69, 9.17) is 0 Å². The molecule has 1 heterocycles. The van der Waals surface area contributed by atoms with Crippen molar-refractivity contribution in [2.24, 2.45) is 22.9 Å². The van der Waals surface area contributed by atoms with Gasteiger partial charge in [0.1, 0.15) is 0 Å². The highest BCUT2D eigenvalue weighted by molar-refractivity contribution is 5.84. The van der Waals surface area contributed by atoms with Gasteiger partial charge in [0.15, 0.2) is 0 Å². The summed E-state index contributed by atoms with van der Waals surface area (Å²) in [5, 5.41) is 11.9. The van der Waals surface area contributed by atoms with Crippen molar-refractivity contribution in [1.82, 2.24) is 20.5 Å². The van der Waals surface area contributed by atoms with Crippen LogP contribution in [0.3, 0.4) is 0 Å². The second-order valence-electron chi connectivity index (χ2n) is 8.42. The van der Waals surface area contributed by atoms with Crippen LogP contribution in [0.5, 0.6) is 0 Å². The van der Waals surface area contributed by atoms with E-state index in [1.165, 1.54) is 19.3 Å². The maximum absolute atomic E-state index is 12.4. The fourth-order valence-corrected chi connectivity index (χ4v) is 5.89. The molecule has 25 heavy (non-hydrogen) atoms. The molecule has 0 spiro atoms. The number of hydrogen-bond acceptors (Lipinski definition) is 3. The Morgan fingerprint density at radius 1 is 1.24 bits per heavy atom. The van der Waals surface area contributed by atoms with Crippen molar-refractivity contribution in [3.05, 3.63) is 17.0 Å². The van der Waals surface area contributed by atoms with Crippen molar-refractivity contribution in [1.29, 1.82) is 0 Å². The molecule has 5 rings (SSSR count). The Kier molecular flexibility index (Phi) is 4.08. The first kappa shape index (κ1) is 16.6. The molecule has 1 aromatic heterocycles. The molecule has 6 nitrogen and oxygen atoms in total. The minimum Gasteiger partial charge on any atom is -0.331 e. The molecule has 4 fully saturated rings. The van der Waals surface area contributed by atoms with Crippen LogP contribution in [0.15, 0.2) is 5.10 Å². The van der Waals surface area contributed by atoms with E-state index in [1.54, 1.807) is 6.21 Å². The number of amides is 2. The van der Waals surface area contributed by atoms with Gasteiger partial charge in [0.2, 0.25) is 0 Å². The molecule has 6 heteroatoms. The number of nitrogens with one attached hydrogen (secondary N) is 2. The van der Waals surface area contributed by atoms with E-state index >= 15 is 0 Å². The summed E-state index contributed by atoms with van der Waals surface area (Å²) in [4.78, 5) is 12.4. The van der Waals surface area contributed by atoms with Gasteiger partial charge in [0.05, 0.1) is 11.9 Å². The number of hydrogen-bond donors (Lipinski definition) is 2. The number of rotatable bonds is 4. The summed E-state index contributed by atoms with van der Waals surface area (Å²) < 4.78 is 1.95. The molecule has 2 N–H and O–H groups in total. The number of carbonyl (C=O) groups is 1. The van der Waals surface area contributed by atoms with Gasteiger partial charge >= 0.3 is 6.03 Å². The number of nitrogens with zero attached hydrogens (tertiary/aromatic N) is 3. The largest absolute Gasteiger partial charge is 0.335 e. The molecule has 4 saturated carbocycles. The number of aromatic nitrogens is 2. The third-order valence-corrected chi connectivity index (χ3v) is 6.51. The molecule has 0 aromatic carbocycles. The molecule has 0 atom stereocenters. The summed E-state index contributed by atoms with van der Waals surface area (Å²) in [5.41, 5.74) is 5.69. The summed E-state index contributed by atoms with van der Waals surface area (Å²) in [5.74, 6) is 2.46. The maximum atomic E-state index is 12.4. The molecular weight excluding hydrogens is 314 g/mol. The van der Waals surface area contributed by atoms with Crippen LogP contribution in [-0.4, -0.2) is 27.6 Å². The van der Waals surface area contributed by atoms with Crippen LogP contribution in [0.1, 0.15) is 62.4 Å². The van der Waals surface area contributed by atoms with Gasteiger partial charge in [-0.25, -0.2) is 10.2 Å². The van der Waals surface area contributed by atoms with E-state index < -0.39 is 0 Å². The normalized spacial score (nSPS) is 33.2. The fraction of sp³-hybridized carbons (Fsp3) is 0.737. The van der Waals surface area contributed by atoms with Crippen LogP contribution >= 0.6 is 0 Å². The summed E-state index contributed by atoms with van der Waals surface area (Å²) in [6, 6.07) is -0.170. The lowest BCUT2D eigenvalue weighted by molar-refractivity contribution is -0.0135. The highest BCUT2D eigenvalue weighted by Crippen LogP contribution is 2.55. The Balaban J connectivity index is 1.38. The Morgan fingerprint density at radius 3 is 2.36 bits per heavy atom. The molecule has 4 aliphatic carbocycles. The van der Waals surface area contributed by atoms with Gasteiger partial charge in [0.25, 0.3) is 0 Å². The topological polar surface area (TPSA) is 71.3 Å². The highest BCUT2D eigenvalue weighted by atomic mass is 16.2. The zero-order valence-corrected chi connectivity index (χ0v) is 15.5. The third-order valence-electron chi connectivity index (χ3n) is 6.51. The van der Waals surface area contributed by atoms with Gasteiger partial charge in [-0.15, -0.1) is 0 Å². The summed E-state index contributed by atoms with van der Waals surface area (Å²) >= 11 is 0. The van der Waals surface area contributed by atoms with Gasteiger partial charge in [0, 0.05) is 23.3 Å². The van der Waals surface area contributed by atoms with Crippen molar-refractivity contribution in [2.75, 3.05) is 0 Å². The van der Waals surface area contributed by atoms with Crippen LogP contribution in [0, 0.1) is 31.6 Å². The van der Waals surface area contributed by atoms with Crippen molar-refractivity contribution in [2.45, 2.75) is 71.4 Å². The van der Waals surface area contributed by atoms with Gasteiger partial charge < -0.3 is 5.32 Å². The molecule has 0 aliphatic heterocycles. The Bertz CT molecular complexity index is 670. The van der Waals surface area contributed by atoms with Crippen molar-refractivity contribution in [3.63, 3.8) is 0 Å². The van der Waals surface area contributed by atoms with Crippen LogP contribution in [0.25, 0.3) is 0 Å². The van der Waals surface area contributed by atoms with E-state index in [1.807, 2.05) is 18.5 Å². The molecule has 0 radical (unpaired) electrons. The predicted octanol–water partition coefficient (Wildman–Crippen LogP) is 3.12. The summed E-state index contributed by atoms with van der Waals surface area (Å²) in [6.07, 6.45) is 9.29. The molecule has 0 saturated heterocycles. The smallest absolute Gasteiger partial charge is 0.331 e. The summed E-state index contributed by atoms with van der Waals surface area (Å²) in [6.45, 7) is 6.90. The highest BCUT2D eigenvalue weighted by Gasteiger charge is 2.51. The van der Waals surface area contributed by atoms with Crippen LogP contribution < -0.4 is 10.7 Å². The van der Waals surface area contributed by atoms with Gasteiger partial charge in [-0.3, -0.25) is 4.68 Å². The van der Waals surface area contributed by atoms with E-state index in [-0.39, 0.29) is 11.6 Å². The fourth-order valence-electron chi connectivity index (χ4n) is 5.89. The van der Waals surface area contributed by atoms with Gasteiger partial charge in [-0.1, -0.05) is 0 Å². The lowest BCUT2D eigenvalue weighted by atomic mass is 9.53. The Hall–Kier alpha value is -1.85. The molecular formula is C19H29N5O. The predicted molar refractivity (Wildman–Crippen MR) is 97.5 cm³/mol. The third kappa shape index (κ3) is 3.07. The lowest BCUT2D eigenvalue weighted by Gasteiger charge is -2.56. The standard InChI is InChI=1S/C19H29N5O/c1-4-24-13(3)17(12(2)23-24)11-20-22-18(25)21-19-8-14-5-15(9-19)7-16(6-14)10-19/h11,14-16H,4-10H2,1-3H3,(H2,21,22,25)/b20-11+. The average molecular weight is 343 g/mol. The molecule has 4 aliphatic rings. The van der Waals surface area contributed by atoms with E-state index in [0.717, 1.165) is 60.5 Å². The number of urea groups is 1. The minimum atomic E-state index is -0.170. The van der Waals surface area contributed by atoms with Gasteiger partial charge in [-0.05, 0) is 77.0 Å². The second kappa shape index (κ2) is 6.15. The van der Waals surface area contributed by atoms with E-state index in [2.05, 4.69) is 27.9 Å². The summed E-state index contributed by atoms with van der Waals surface area (Å²) in [7, 11) is 0. The van der Waals surface area contributed by atoms with Crippen LogP contribution in [0.4, 0.5) is 4.79 Å². The molecule has 0 unspecified atom stereocenters. The zero-order valence-electron chi connectivity index (χ0n) is 15.5. The first-order valence-corrected chi connectivity index (χ1v) is 9.63. The van der Waals surface area contributed by atoms with Crippen molar-refractivity contribution in [3.8, 4) is 0 Å². The van der Waals surface area contributed by atoms with Crippen LogP contribution in [0.2, 0.25) is 0 Å². The number of carbonyl (C=O) groups excluding carboxylic acids is 1.